The fourth-order valence-corrected chi connectivity index (χ4v) is 2.07. The monoisotopic (exact) mass is 281 g/mol. The Morgan fingerprint density at radius 2 is 1.57 bits per heavy atom. The smallest absolute Gasteiger partial charge is 0.141 e. The van der Waals surface area contributed by atoms with Gasteiger partial charge in [-0.2, -0.15) is 0 Å². The maximum Gasteiger partial charge on any atom is 0.141 e. The van der Waals surface area contributed by atoms with Crippen LogP contribution >= 0.6 is 0 Å². The van der Waals surface area contributed by atoms with E-state index < -0.39 is 0 Å². The number of aromatic nitrogens is 2. The van der Waals surface area contributed by atoms with Gasteiger partial charge in [-0.1, -0.05) is 0 Å². The third kappa shape index (κ3) is 2.72. The standard InChI is InChI=1S/C16H15N3O2/c1-20-12-5-3-11(4-6-12)19-16-14-8-7-13(21-2)9-15(14)17-10-18-16/h3-10H,1-2H3,(H,17,18,19). The van der Waals surface area contributed by atoms with Crippen LogP contribution in [0.3, 0.4) is 0 Å². The number of hydrogen-bond donors (Lipinski definition) is 1. The summed E-state index contributed by atoms with van der Waals surface area (Å²) in [7, 11) is 3.28. The third-order valence-electron chi connectivity index (χ3n) is 3.20. The fraction of sp³-hybridized carbons (Fsp3) is 0.125. The van der Waals surface area contributed by atoms with Crippen molar-refractivity contribution in [2.75, 3.05) is 19.5 Å². The lowest BCUT2D eigenvalue weighted by Gasteiger charge is -2.09. The van der Waals surface area contributed by atoms with Crippen LogP contribution in [0.4, 0.5) is 11.5 Å². The van der Waals surface area contributed by atoms with Crippen molar-refractivity contribution in [2.45, 2.75) is 0 Å². The Labute approximate surface area is 122 Å². The van der Waals surface area contributed by atoms with E-state index in [4.69, 9.17) is 9.47 Å². The van der Waals surface area contributed by atoms with Gasteiger partial charge in [-0.25, -0.2) is 9.97 Å². The number of methoxy groups -OCH3 is 2. The highest BCUT2D eigenvalue weighted by Gasteiger charge is 2.05. The summed E-state index contributed by atoms with van der Waals surface area (Å²) in [6.07, 6.45) is 1.54. The molecule has 0 amide bonds. The van der Waals surface area contributed by atoms with Gasteiger partial charge in [0.1, 0.15) is 23.6 Å². The second-order valence-corrected chi connectivity index (χ2v) is 4.46. The molecule has 0 saturated heterocycles. The Kier molecular flexibility index (Phi) is 3.55. The quantitative estimate of drug-likeness (QED) is 0.794. The summed E-state index contributed by atoms with van der Waals surface area (Å²) >= 11 is 0. The number of benzene rings is 2. The van der Waals surface area contributed by atoms with Crippen molar-refractivity contribution in [3.63, 3.8) is 0 Å². The van der Waals surface area contributed by atoms with Crippen LogP contribution < -0.4 is 14.8 Å². The minimum atomic E-state index is 0.757. The number of fused-ring (bicyclic) bond motifs is 1. The van der Waals surface area contributed by atoms with Crippen molar-refractivity contribution in [3.05, 3.63) is 48.8 Å². The van der Waals surface area contributed by atoms with Crippen molar-refractivity contribution >= 4 is 22.4 Å². The average molecular weight is 281 g/mol. The summed E-state index contributed by atoms with van der Waals surface area (Å²) in [4.78, 5) is 8.57. The predicted molar refractivity (Wildman–Crippen MR) is 82.4 cm³/mol. The predicted octanol–water partition coefficient (Wildman–Crippen LogP) is 3.39. The molecule has 21 heavy (non-hydrogen) atoms. The van der Waals surface area contributed by atoms with Crippen LogP contribution in [-0.2, 0) is 0 Å². The van der Waals surface area contributed by atoms with Crippen molar-refractivity contribution in [3.8, 4) is 11.5 Å². The molecule has 1 heterocycles. The number of anilines is 2. The molecule has 3 aromatic rings. The molecule has 5 nitrogen and oxygen atoms in total. The summed E-state index contributed by atoms with van der Waals surface area (Å²) < 4.78 is 10.4. The summed E-state index contributed by atoms with van der Waals surface area (Å²) in [5.74, 6) is 2.35. The molecule has 0 atom stereocenters. The van der Waals surface area contributed by atoms with Crippen molar-refractivity contribution in [1.82, 2.24) is 9.97 Å². The summed E-state index contributed by atoms with van der Waals surface area (Å²) in [5, 5.41) is 4.23. The Morgan fingerprint density at radius 3 is 2.29 bits per heavy atom. The fourth-order valence-electron chi connectivity index (χ4n) is 2.07. The van der Waals surface area contributed by atoms with Gasteiger partial charge in [0, 0.05) is 17.1 Å². The topological polar surface area (TPSA) is 56.3 Å². The van der Waals surface area contributed by atoms with Crippen molar-refractivity contribution < 1.29 is 9.47 Å². The number of nitrogens with zero attached hydrogens (tertiary/aromatic N) is 2. The molecule has 0 aliphatic rings. The van der Waals surface area contributed by atoms with E-state index in [-0.39, 0.29) is 0 Å². The molecule has 5 heteroatoms. The molecule has 0 aliphatic heterocycles. The van der Waals surface area contributed by atoms with E-state index in [0.717, 1.165) is 33.9 Å². The van der Waals surface area contributed by atoms with Crippen LogP contribution in [-0.4, -0.2) is 24.2 Å². The van der Waals surface area contributed by atoms with Gasteiger partial charge in [0.2, 0.25) is 0 Å². The highest BCUT2D eigenvalue weighted by molar-refractivity contribution is 5.91. The van der Waals surface area contributed by atoms with Gasteiger partial charge in [0.05, 0.1) is 19.7 Å². The molecule has 0 radical (unpaired) electrons. The summed E-state index contributed by atoms with van der Waals surface area (Å²) in [6, 6.07) is 13.4. The van der Waals surface area contributed by atoms with Crippen molar-refractivity contribution in [1.29, 1.82) is 0 Å². The number of nitrogens with one attached hydrogen (secondary N) is 1. The van der Waals surface area contributed by atoms with Crippen LogP contribution in [0.5, 0.6) is 11.5 Å². The molecule has 0 bridgehead atoms. The van der Waals surface area contributed by atoms with E-state index in [9.17, 15) is 0 Å². The zero-order valence-electron chi connectivity index (χ0n) is 11.8. The second kappa shape index (κ2) is 5.66. The third-order valence-corrected chi connectivity index (χ3v) is 3.20. The average Bonchev–Trinajstić information content (AvgIpc) is 2.55. The zero-order chi connectivity index (χ0) is 14.7. The Hall–Kier alpha value is -2.82. The number of hydrogen-bond acceptors (Lipinski definition) is 5. The highest BCUT2D eigenvalue weighted by Crippen LogP contribution is 2.26. The zero-order valence-corrected chi connectivity index (χ0v) is 11.8. The van der Waals surface area contributed by atoms with E-state index >= 15 is 0 Å². The summed E-state index contributed by atoms with van der Waals surface area (Å²) in [6.45, 7) is 0. The normalized spacial score (nSPS) is 10.4. The Balaban J connectivity index is 1.95. The Bertz CT molecular complexity index is 757. The van der Waals surface area contributed by atoms with Gasteiger partial charge in [0.15, 0.2) is 0 Å². The lowest BCUT2D eigenvalue weighted by Crippen LogP contribution is -1.96. The lowest BCUT2D eigenvalue weighted by molar-refractivity contribution is 0.415. The molecular formula is C16H15N3O2. The molecule has 0 saturated carbocycles. The first kappa shape index (κ1) is 13.2. The maximum absolute atomic E-state index is 5.21. The first-order valence-electron chi connectivity index (χ1n) is 6.50. The largest absolute Gasteiger partial charge is 0.497 e. The highest BCUT2D eigenvalue weighted by atomic mass is 16.5. The van der Waals surface area contributed by atoms with Crippen LogP contribution in [0, 0.1) is 0 Å². The van der Waals surface area contributed by atoms with Crippen LogP contribution in [0.25, 0.3) is 10.9 Å². The van der Waals surface area contributed by atoms with E-state index in [1.165, 1.54) is 6.33 Å². The molecule has 3 rings (SSSR count). The van der Waals surface area contributed by atoms with Gasteiger partial charge in [-0.3, -0.25) is 0 Å². The lowest BCUT2D eigenvalue weighted by atomic mass is 10.2. The van der Waals surface area contributed by atoms with E-state index in [0.29, 0.717) is 0 Å². The molecule has 1 N–H and O–H groups in total. The molecular weight excluding hydrogens is 266 g/mol. The molecule has 106 valence electrons. The van der Waals surface area contributed by atoms with Crippen molar-refractivity contribution in [2.24, 2.45) is 0 Å². The summed E-state index contributed by atoms with van der Waals surface area (Å²) in [5.41, 5.74) is 1.77. The van der Waals surface area contributed by atoms with Crippen LogP contribution in [0.1, 0.15) is 0 Å². The minimum Gasteiger partial charge on any atom is -0.497 e. The van der Waals surface area contributed by atoms with E-state index in [1.807, 2.05) is 42.5 Å². The van der Waals surface area contributed by atoms with Gasteiger partial charge < -0.3 is 14.8 Å². The molecule has 0 fully saturated rings. The number of ether oxygens (including phenoxy) is 2. The second-order valence-electron chi connectivity index (χ2n) is 4.46. The minimum absolute atomic E-state index is 0.757. The van der Waals surface area contributed by atoms with Crippen LogP contribution in [0.2, 0.25) is 0 Å². The van der Waals surface area contributed by atoms with E-state index in [1.54, 1.807) is 14.2 Å². The van der Waals surface area contributed by atoms with Crippen LogP contribution in [0.15, 0.2) is 48.8 Å². The molecule has 2 aromatic carbocycles. The maximum atomic E-state index is 5.21. The molecule has 0 spiro atoms. The molecule has 0 unspecified atom stereocenters. The number of rotatable bonds is 4. The first-order valence-corrected chi connectivity index (χ1v) is 6.50. The van der Waals surface area contributed by atoms with E-state index in [2.05, 4.69) is 15.3 Å². The molecule has 1 aromatic heterocycles. The SMILES string of the molecule is COc1ccc(Nc2ncnc3cc(OC)ccc23)cc1. The molecule has 0 aliphatic carbocycles. The Morgan fingerprint density at radius 1 is 0.857 bits per heavy atom. The van der Waals surface area contributed by atoms with Gasteiger partial charge in [0.25, 0.3) is 0 Å². The first-order chi connectivity index (χ1) is 10.3. The van der Waals surface area contributed by atoms with Gasteiger partial charge in [-0.05, 0) is 36.4 Å². The van der Waals surface area contributed by atoms with Gasteiger partial charge >= 0.3 is 0 Å². The van der Waals surface area contributed by atoms with Gasteiger partial charge in [-0.15, -0.1) is 0 Å².